The summed E-state index contributed by atoms with van der Waals surface area (Å²) in [6, 6.07) is 11.9. The van der Waals surface area contributed by atoms with Gasteiger partial charge in [-0.25, -0.2) is 0 Å². The number of aryl methyl sites for hydroxylation is 1. The average Bonchev–Trinajstić information content (AvgIpc) is 2.68. The van der Waals surface area contributed by atoms with E-state index in [4.69, 9.17) is 4.74 Å². The summed E-state index contributed by atoms with van der Waals surface area (Å²) in [6.45, 7) is 5.65. The number of nitrogens with one attached hydrogen (secondary N) is 1. The van der Waals surface area contributed by atoms with Gasteiger partial charge in [0.05, 0.1) is 4.92 Å². The summed E-state index contributed by atoms with van der Waals surface area (Å²) in [4.78, 5) is 27.3. The van der Waals surface area contributed by atoms with Crippen LogP contribution in [0.3, 0.4) is 0 Å². The molecular formula is C20H24N4O4. The highest BCUT2D eigenvalue weighted by molar-refractivity contribution is 5.93. The van der Waals surface area contributed by atoms with Gasteiger partial charge in [-0.15, -0.1) is 0 Å². The van der Waals surface area contributed by atoms with Crippen molar-refractivity contribution in [3.8, 4) is 5.75 Å². The molecule has 1 N–H and O–H groups in total. The standard InChI is InChI=1S/C20H24N4O4/c1-15-13-16(23-11-9-22(2)10-12-23)7-8-17(15)21-20(25)14-28-19-6-4-3-5-18(19)24(26)27/h3-8,13H,9-12,14H2,1-2H3,(H,21,25). The summed E-state index contributed by atoms with van der Waals surface area (Å²) in [5.74, 6) is -0.293. The zero-order valence-electron chi connectivity index (χ0n) is 16.1. The third kappa shape index (κ3) is 4.77. The van der Waals surface area contributed by atoms with Crippen molar-refractivity contribution in [3.63, 3.8) is 0 Å². The van der Waals surface area contributed by atoms with Gasteiger partial charge in [-0.1, -0.05) is 12.1 Å². The Morgan fingerprint density at radius 1 is 1.18 bits per heavy atom. The normalized spacial score (nSPS) is 14.6. The summed E-state index contributed by atoms with van der Waals surface area (Å²) in [7, 11) is 2.12. The van der Waals surface area contributed by atoms with Crippen LogP contribution in [0, 0.1) is 17.0 Å². The molecule has 28 heavy (non-hydrogen) atoms. The molecule has 0 unspecified atom stereocenters. The smallest absolute Gasteiger partial charge is 0.310 e. The summed E-state index contributed by atoms with van der Waals surface area (Å²) in [5.41, 5.74) is 2.63. The highest BCUT2D eigenvalue weighted by Gasteiger charge is 2.17. The average molecular weight is 384 g/mol. The first-order valence-electron chi connectivity index (χ1n) is 9.14. The van der Waals surface area contributed by atoms with E-state index in [2.05, 4.69) is 28.2 Å². The van der Waals surface area contributed by atoms with E-state index in [0.29, 0.717) is 5.69 Å². The van der Waals surface area contributed by atoms with Crippen LogP contribution >= 0.6 is 0 Å². The topological polar surface area (TPSA) is 88.0 Å². The molecule has 0 aromatic heterocycles. The van der Waals surface area contributed by atoms with Gasteiger partial charge in [0.15, 0.2) is 12.4 Å². The van der Waals surface area contributed by atoms with Gasteiger partial charge < -0.3 is 19.9 Å². The zero-order chi connectivity index (χ0) is 20.1. The Balaban J connectivity index is 1.59. The van der Waals surface area contributed by atoms with Crippen LogP contribution in [0.1, 0.15) is 5.56 Å². The number of rotatable bonds is 6. The second-order valence-corrected chi connectivity index (χ2v) is 6.85. The molecule has 1 aliphatic rings. The number of nitro groups is 1. The van der Waals surface area contributed by atoms with E-state index in [1.54, 1.807) is 12.1 Å². The summed E-state index contributed by atoms with van der Waals surface area (Å²) < 4.78 is 5.33. The van der Waals surface area contributed by atoms with Gasteiger partial charge in [-0.3, -0.25) is 14.9 Å². The molecule has 1 amide bonds. The first-order chi connectivity index (χ1) is 13.4. The lowest BCUT2D eigenvalue weighted by atomic mass is 10.1. The zero-order valence-corrected chi connectivity index (χ0v) is 16.1. The maximum atomic E-state index is 12.2. The maximum absolute atomic E-state index is 12.2. The van der Waals surface area contributed by atoms with Gasteiger partial charge >= 0.3 is 5.69 Å². The SMILES string of the molecule is Cc1cc(N2CCN(C)CC2)ccc1NC(=O)COc1ccccc1[N+](=O)[O-]. The van der Waals surface area contributed by atoms with E-state index >= 15 is 0 Å². The monoisotopic (exact) mass is 384 g/mol. The third-order valence-corrected chi connectivity index (χ3v) is 4.77. The van der Waals surface area contributed by atoms with Crippen molar-refractivity contribution in [1.82, 2.24) is 4.90 Å². The quantitative estimate of drug-likeness (QED) is 0.609. The van der Waals surface area contributed by atoms with Crippen molar-refractivity contribution in [2.75, 3.05) is 50.1 Å². The van der Waals surface area contributed by atoms with E-state index < -0.39 is 4.92 Å². The van der Waals surface area contributed by atoms with Crippen LogP contribution in [0.25, 0.3) is 0 Å². The lowest BCUT2D eigenvalue weighted by molar-refractivity contribution is -0.385. The first-order valence-corrected chi connectivity index (χ1v) is 9.14. The van der Waals surface area contributed by atoms with Crippen LogP contribution in [-0.2, 0) is 4.79 Å². The molecule has 148 valence electrons. The first kappa shape index (κ1) is 19.6. The summed E-state index contributed by atoms with van der Waals surface area (Å²) in [6.07, 6.45) is 0. The van der Waals surface area contributed by atoms with Crippen molar-refractivity contribution >= 4 is 23.0 Å². The van der Waals surface area contributed by atoms with Crippen LogP contribution < -0.4 is 15.0 Å². The number of hydrogen-bond donors (Lipinski definition) is 1. The Bertz CT molecular complexity index is 863. The van der Waals surface area contributed by atoms with Gasteiger partial charge in [-0.05, 0) is 43.8 Å². The van der Waals surface area contributed by atoms with Crippen LogP contribution in [0.4, 0.5) is 17.1 Å². The number of carbonyl (C=O) groups is 1. The molecule has 0 atom stereocenters. The summed E-state index contributed by atoms with van der Waals surface area (Å²) >= 11 is 0. The molecule has 1 fully saturated rings. The minimum atomic E-state index is -0.533. The number of carbonyl (C=O) groups excluding carboxylic acids is 1. The number of nitrogens with zero attached hydrogens (tertiary/aromatic N) is 3. The highest BCUT2D eigenvalue weighted by Crippen LogP contribution is 2.26. The lowest BCUT2D eigenvalue weighted by Gasteiger charge is -2.34. The van der Waals surface area contributed by atoms with Crippen LogP contribution in [-0.4, -0.2) is 55.6 Å². The Labute approximate surface area is 163 Å². The van der Waals surface area contributed by atoms with Crippen molar-refractivity contribution < 1.29 is 14.5 Å². The Morgan fingerprint density at radius 3 is 2.57 bits per heavy atom. The van der Waals surface area contributed by atoms with Crippen LogP contribution in [0.15, 0.2) is 42.5 Å². The van der Waals surface area contributed by atoms with Crippen LogP contribution in [0.2, 0.25) is 0 Å². The molecule has 0 saturated carbocycles. The van der Waals surface area contributed by atoms with Crippen molar-refractivity contribution in [1.29, 1.82) is 0 Å². The molecule has 2 aromatic rings. The molecule has 1 aliphatic heterocycles. The summed E-state index contributed by atoms with van der Waals surface area (Å²) in [5, 5.41) is 13.8. The fourth-order valence-corrected chi connectivity index (χ4v) is 3.11. The number of ether oxygens (including phenoxy) is 1. The van der Waals surface area contributed by atoms with Gasteiger partial charge in [0, 0.05) is 43.6 Å². The Hall–Kier alpha value is -3.13. The van der Waals surface area contributed by atoms with Crippen LogP contribution in [0.5, 0.6) is 5.75 Å². The fraction of sp³-hybridized carbons (Fsp3) is 0.350. The van der Waals surface area contributed by atoms with Gasteiger partial charge in [0.25, 0.3) is 5.91 Å². The Morgan fingerprint density at radius 2 is 1.89 bits per heavy atom. The van der Waals surface area contributed by atoms with Gasteiger partial charge in [0.2, 0.25) is 0 Å². The second-order valence-electron chi connectivity index (χ2n) is 6.85. The predicted molar refractivity (Wildman–Crippen MR) is 108 cm³/mol. The number of amides is 1. The number of likely N-dealkylation sites (N-methyl/N-ethyl adjacent to an activating group) is 1. The lowest BCUT2D eigenvalue weighted by Crippen LogP contribution is -2.44. The number of anilines is 2. The number of hydrogen-bond acceptors (Lipinski definition) is 6. The molecule has 0 aliphatic carbocycles. The van der Waals surface area contributed by atoms with Crippen molar-refractivity contribution in [3.05, 3.63) is 58.1 Å². The molecule has 0 radical (unpaired) electrons. The van der Waals surface area contributed by atoms with E-state index in [0.717, 1.165) is 37.4 Å². The molecule has 2 aromatic carbocycles. The molecule has 8 nitrogen and oxygen atoms in total. The van der Waals surface area contributed by atoms with E-state index in [-0.39, 0.29) is 24.0 Å². The number of piperazine rings is 1. The maximum Gasteiger partial charge on any atom is 0.310 e. The van der Waals surface area contributed by atoms with Gasteiger partial charge in [0.1, 0.15) is 0 Å². The molecular weight excluding hydrogens is 360 g/mol. The number of para-hydroxylation sites is 2. The largest absolute Gasteiger partial charge is 0.477 e. The molecule has 3 rings (SSSR count). The molecule has 1 heterocycles. The predicted octanol–water partition coefficient (Wildman–Crippen LogP) is 2.67. The minimum absolute atomic E-state index is 0.0739. The molecule has 8 heteroatoms. The minimum Gasteiger partial charge on any atom is -0.477 e. The third-order valence-electron chi connectivity index (χ3n) is 4.77. The van der Waals surface area contributed by atoms with E-state index in [9.17, 15) is 14.9 Å². The van der Waals surface area contributed by atoms with E-state index in [1.807, 2.05) is 19.1 Å². The number of nitro benzene ring substituents is 1. The highest BCUT2D eigenvalue weighted by atomic mass is 16.6. The molecule has 0 bridgehead atoms. The molecule has 1 saturated heterocycles. The Kier molecular flexibility index (Phi) is 6.10. The molecule has 0 spiro atoms. The number of benzene rings is 2. The fourth-order valence-electron chi connectivity index (χ4n) is 3.11. The van der Waals surface area contributed by atoms with E-state index in [1.165, 1.54) is 12.1 Å². The van der Waals surface area contributed by atoms with Crippen molar-refractivity contribution in [2.45, 2.75) is 6.92 Å². The van der Waals surface area contributed by atoms with Crippen molar-refractivity contribution in [2.24, 2.45) is 0 Å². The second kappa shape index (κ2) is 8.71. The van der Waals surface area contributed by atoms with Gasteiger partial charge in [-0.2, -0.15) is 0 Å².